The molecule has 3 rings (SSSR count). The topological polar surface area (TPSA) is 65.7 Å². The maximum absolute atomic E-state index is 4.84. The zero-order valence-corrected chi connectivity index (χ0v) is 16.1. The Morgan fingerprint density at radius 1 is 1.33 bits per heavy atom. The molecule has 0 spiro atoms. The highest BCUT2D eigenvalue weighted by Crippen LogP contribution is 2.19. The van der Waals surface area contributed by atoms with Gasteiger partial charge in [0.1, 0.15) is 12.0 Å². The summed E-state index contributed by atoms with van der Waals surface area (Å²) in [6.07, 6.45) is 2.67. The fourth-order valence-electron chi connectivity index (χ4n) is 2.74. The maximum atomic E-state index is 4.84. The van der Waals surface area contributed by atoms with Crippen molar-refractivity contribution in [2.75, 3.05) is 24.5 Å². The Balaban J connectivity index is 0.00000208. The summed E-state index contributed by atoms with van der Waals surface area (Å²) in [5.41, 5.74) is 2.11. The van der Waals surface area contributed by atoms with Gasteiger partial charge in [0.2, 0.25) is 0 Å². The van der Waals surface area contributed by atoms with E-state index in [1.807, 2.05) is 6.07 Å². The smallest absolute Gasteiger partial charge is 0.191 e. The highest BCUT2D eigenvalue weighted by Gasteiger charge is 2.23. The number of guanidine groups is 1. The van der Waals surface area contributed by atoms with Crippen LogP contribution in [0.5, 0.6) is 0 Å². The standard InChI is InChI=1S/C17H23N5O.HI/c1-2-18-17(19-12-14-9-11-23-21-14)20-15-8-10-22(13-15)16-6-4-3-5-7-16;/h3-7,9,11,15H,2,8,10,12-13H2,1H3,(H2,18,19,20);1H. The van der Waals surface area contributed by atoms with E-state index in [-0.39, 0.29) is 24.0 Å². The Bertz CT molecular complexity index is 617. The van der Waals surface area contributed by atoms with Gasteiger partial charge in [-0.05, 0) is 25.5 Å². The van der Waals surface area contributed by atoms with Crippen LogP contribution in [-0.2, 0) is 6.54 Å². The van der Waals surface area contributed by atoms with Gasteiger partial charge in [0.25, 0.3) is 0 Å². The molecule has 1 atom stereocenters. The van der Waals surface area contributed by atoms with Crippen LogP contribution in [-0.4, -0.2) is 36.8 Å². The molecule has 1 aromatic carbocycles. The first kappa shape index (κ1) is 18.6. The van der Waals surface area contributed by atoms with Crippen LogP contribution in [0.2, 0.25) is 0 Å². The molecule has 7 heteroatoms. The van der Waals surface area contributed by atoms with E-state index in [0.29, 0.717) is 12.6 Å². The van der Waals surface area contributed by atoms with Crippen molar-refractivity contribution in [3.63, 3.8) is 0 Å². The molecule has 1 aromatic heterocycles. The molecule has 2 N–H and O–H groups in total. The van der Waals surface area contributed by atoms with Crippen molar-refractivity contribution in [3.05, 3.63) is 48.4 Å². The van der Waals surface area contributed by atoms with Crippen LogP contribution in [0.25, 0.3) is 0 Å². The van der Waals surface area contributed by atoms with Gasteiger partial charge in [0.15, 0.2) is 5.96 Å². The van der Waals surface area contributed by atoms with Crippen molar-refractivity contribution in [3.8, 4) is 0 Å². The van der Waals surface area contributed by atoms with Gasteiger partial charge in [-0.15, -0.1) is 24.0 Å². The third-order valence-corrected chi connectivity index (χ3v) is 3.89. The number of aromatic nitrogens is 1. The molecule has 0 bridgehead atoms. The molecule has 1 aliphatic heterocycles. The Morgan fingerprint density at radius 2 is 2.17 bits per heavy atom. The number of nitrogens with one attached hydrogen (secondary N) is 2. The van der Waals surface area contributed by atoms with Gasteiger partial charge >= 0.3 is 0 Å². The second-order valence-electron chi connectivity index (χ2n) is 5.60. The number of rotatable bonds is 5. The predicted molar refractivity (Wildman–Crippen MR) is 107 cm³/mol. The van der Waals surface area contributed by atoms with Gasteiger partial charge < -0.3 is 20.1 Å². The summed E-state index contributed by atoms with van der Waals surface area (Å²) in [6.45, 7) is 5.46. The maximum Gasteiger partial charge on any atom is 0.191 e. The summed E-state index contributed by atoms with van der Waals surface area (Å²) in [5, 5.41) is 10.7. The molecule has 1 saturated heterocycles. The number of para-hydroxylation sites is 1. The Kier molecular flexibility index (Phi) is 7.36. The second-order valence-corrected chi connectivity index (χ2v) is 5.60. The normalized spacial score (nSPS) is 17.5. The number of anilines is 1. The van der Waals surface area contributed by atoms with Gasteiger partial charge in [0, 0.05) is 37.4 Å². The first-order valence-corrected chi connectivity index (χ1v) is 8.09. The van der Waals surface area contributed by atoms with E-state index in [1.165, 1.54) is 5.69 Å². The van der Waals surface area contributed by atoms with Crippen LogP contribution in [0, 0.1) is 0 Å². The summed E-state index contributed by atoms with van der Waals surface area (Å²) in [4.78, 5) is 6.97. The van der Waals surface area contributed by atoms with Crippen LogP contribution in [0.1, 0.15) is 19.0 Å². The number of halogens is 1. The molecule has 0 saturated carbocycles. The molecule has 1 unspecified atom stereocenters. The number of hydrogen-bond acceptors (Lipinski definition) is 4. The lowest BCUT2D eigenvalue weighted by molar-refractivity contribution is 0.412. The summed E-state index contributed by atoms with van der Waals surface area (Å²) in [6, 6.07) is 12.8. The van der Waals surface area contributed by atoms with Crippen molar-refractivity contribution in [2.24, 2.45) is 4.99 Å². The van der Waals surface area contributed by atoms with E-state index < -0.39 is 0 Å². The minimum atomic E-state index is 0. The molecule has 24 heavy (non-hydrogen) atoms. The van der Waals surface area contributed by atoms with Gasteiger partial charge in [0.05, 0.1) is 6.54 Å². The first-order chi connectivity index (χ1) is 11.3. The molecular weight excluding hydrogens is 417 g/mol. The average molecular weight is 441 g/mol. The highest BCUT2D eigenvalue weighted by atomic mass is 127. The number of nitrogens with zero attached hydrogens (tertiary/aromatic N) is 3. The fraction of sp³-hybridized carbons (Fsp3) is 0.412. The largest absolute Gasteiger partial charge is 0.369 e. The lowest BCUT2D eigenvalue weighted by Crippen LogP contribution is -2.44. The molecular formula is C17H24IN5O. The quantitative estimate of drug-likeness (QED) is 0.425. The van der Waals surface area contributed by atoms with Crippen LogP contribution in [0.3, 0.4) is 0 Å². The van der Waals surface area contributed by atoms with Crippen molar-refractivity contribution >= 4 is 35.6 Å². The zero-order chi connectivity index (χ0) is 15.9. The molecule has 0 aliphatic carbocycles. The summed E-state index contributed by atoms with van der Waals surface area (Å²) in [5.74, 6) is 0.829. The SMILES string of the molecule is CCNC(=NCc1ccon1)NC1CCN(c2ccccc2)C1.I. The summed E-state index contributed by atoms with van der Waals surface area (Å²) in [7, 11) is 0. The lowest BCUT2D eigenvalue weighted by Gasteiger charge is -2.20. The van der Waals surface area contributed by atoms with Crippen molar-refractivity contribution < 1.29 is 4.52 Å². The van der Waals surface area contributed by atoms with Gasteiger partial charge in [-0.1, -0.05) is 23.4 Å². The van der Waals surface area contributed by atoms with Crippen LogP contribution in [0.15, 0.2) is 52.2 Å². The molecule has 1 fully saturated rings. The van der Waals surface area contributed by atoms with Crippen LogP contribution in [0.4, 0.5) is 5.69 Å². The van der Waals surface area contributed by atoms with Crippen LogP contribution < -0.4 is 15.5 Å². The van der Waals surface area contributed by atoms with E-state index in [2.05, 4.69) is 62.9 Å². The number of benzene rings is 1. The van der Waals surface area contributed by atoms with Crippen molar-refractivity contribution in [1.29, 1.82) is 0 Å². The summed E-state index contributed by atoms with van der Waals surface area (Å²) >= 11 is 0. The third-order valence-electron chi connectivity index (χ3n) is 3.89. The lowest BCUT2D eigenvalue weighted by atomic mass is 10.3. The Hall–Kier alpha value is -1.77. The monoisotopic (exact) mass is 441 g/mol. The first-order valence-electron chi connectivity index (χ1n) is 8.09. The molecule has 0 radical (unpaired) electrons. The Labute approximate surface area is 159 Å². The minimum Gasteiger partial charge on any atom is -0.369 e. The molecule has 130 valence electrons. The molecule has 0 amide bonds. The van der Waals surface area contributed by atoms with Crippen molar-refractivity contribution in [1.82, 2.24) is 15.8 Å². The second kappa shape index (κ2) is 9.51. The van der Waals surface area contributed by atoms with E-state index >= 15 is 0 Å². The number of aliphatic imine (C=N–C) groups is 1. The van der Waals surface area contributed by atoms with E-state index in [1.54, 1.807) is 6.26 Å². The highest BCUT2D eigenvalue weighted by molar-refractivity contribution is 14.0. The predicted octanol–water partition coefficient (Wildman–Crippen LogP) is 2.63. The molecule has 6 nitrogen and oxygen atoms in total. The van der Waals surface area contributed by atoms with E-state index in [9.17, 15) is 0 Å². The zero-order valence-electron chi connectivity index (χ0n) is 13.8. The minimum absolute atomic E-state index is 0. The molecule has 1 aliphatic rings. The Morgan fingerprint density at radius 3 is 2.88 bits per heavy atom. The van der Waals surface area contributed by atoms with Gasteiger partial charge in [-0.3, -0.25) is 0 Å². The van der Waals surface area contributed by atoms with Gasteiger partial charge in [-0.25, -0.2) is 4.99 Å². The van der Waals surface area contributed by atoms with Crippen molar-refractivity contribution in [2.45, 2.75) is 25.9 Å². The average Bonchev–Trinajstić information content (AvgIpc) is 3.25. The van der Waals surface area contributed by atoms with E-state index in [4.69, 9.17) is 4.52 Å². The number of hydrogen-bond donors (Lipinski definition) is 2. The van der Waals surface area contributed by atoms with Gasteiger partial charge in [-0.2, -0.15) is 0 Å². The molecule has 2 heterocycles. The fourth-order valence-corrected chi connectivity index (χ4v) is 2.74. The third kappa shape index (κ3) is 5.12. The van der Waals surface area contributed by atoms with Crippen LogP contribution >= 0.6 is 24.0 Å². The summed E-state index contributed by atoms with van der Waals surface area (Å²) < 4.78 is 4.84. The molecule has 2 aromatic rings. The van der Waals surface area contributed by atoms with E-state index in [0.717, 1.165) is 37.7 Å².